The predicted octanol–water partition coefficient (Wildman–Crippen LogP) is 3.40. The second-order valence-electron chi connectivity index (χ2n) is 5.63. The summed E-state index contributed by atoms with van der Waals surface area (Å²) >= 11 is 3.70. The van der Waals surface area contributed by atoms with Gasteiger partial charge in [0.25, 0.3) is 0 Å². The van der Waals surface area contributed by atoms with Crippen LogP contribution in [0.5, 0.6) is 5.75 Å². The lowest BCUT2D eigenvalue weighted by molar-refractivity contribution is 0.150. The van der Waals surface area contributed by atoms with Gasteiger partial charge in [-0.05, 0) is 71.1 Å². The highest BCUT2D eigenvalue weighted by Crippen LogP contribution is 2.44. The highest BCUT2D eigenvalue weighted by molar-refractivity contribution is 9.10. The van der Waals surface area contributed by atoms with Crippen molar-refractivity contribution in [1.29, 1.82) is 0 Å². The molecule has 0 bridgehead atoms. The maximum absolute atomic E-state index is 10.1. The zero-order valence-electron chi connectivity index (χ0n) is 10.8. The second kappa shape index (κ2) is 4.53. The van der Waals surface area contributed by atoms with Crippen LogP contribution in [0.3, 0.4) is 0 Å². The second-order valence-corrected chi connectivity index (χ2v) is 6.42. The van der Waals surface area contributed by atoms with E-state index in [1.807, 2.05) is 0 Å². The quantitative estimate of drug-likeness (QED) is 0.927. The van der Waals surface area contributed by atoms with Crippen LogP contribution in [0.2, 0.25) is 0 Å². The monoisotopic (exact) mass is 310 g/mol. The van der Waals surface area contributed by atoms with Crippen molar-refractivity contribution < 1.29 is 9.84 Å². The van der Waals surface area contributed by atoms with Gasteiger partial charge in [0.1, 0.15) is 5.75 Å². The van der Waals surface area contributed by atoms with Crippen molar-refractivity contribution >= 4 is 15.9 Å². The highest BCUT2D eigenvalue weighted by atomic mass is 79.9. The maximum atomic E-state index is 10.1. The summed E-state index contributed by atoms with van der Waals surface area (Å²) in [5.41, 5.74) is 3.54. The number of ether oxygens (including phenoxy) is 1. The summed E-state index contributed by atoms with van der Waals surface area (Å²) < 4.78 is 6.67. The number of fused-ring (bicyclic) bond motifs is 1. The number of rotatable bonds is 3. The molecular formula is C15H19BrO2. The van der Waals surface area contributed by atoms with Crippen molar-refractivity contribution in [2.75, 3.05) is 7.11 Å². The van der Waals surface area contributed by atoms with Crippen molar-refractivity contribution in [2.24, 2.45) is 0 Å². The normalized spacial score (nSPS) is 20.4. The number of halogens is 1. The molecule has 1 aromatic rings. The molecule has 3 rings (SSSR count). The Morgan fingerprint density at radius 3 is 2.72 bits per heavy atom. The lowest BCUT2D eigenvalue weighted by Gasteiger charge is -2.22. The summed E-state index contributed by atoms with van der Waals surface area (Å²) in [6, 6.07) is 2.26. The third-order valence-electron chi connectivity index (χ3n) is 4.17. The topological polar surface area (TPSA) is 29.5 Å². The van der Waals surface area contributed by atoms with Gasteiger partial charge in [0.15, 0.2) is 0 Å². The molecule has 2 aliphatic rings. The first kappa shape index (κ1) is 12.5. The minimum absolute atomic E-state index is 0.463. The fourth-order valence-corrected chi connectivity index (χ4v) is 3.79. The highest BCUT2D eigenvalue weighted by Gasteiger charge is 2.41. The van der Waals surface area contributed by atoms with Gasteiger partial charge < -0.3 is 9.84 Å². The van der Waals surface area contributed by atoms with Gasteiger partial charge in [-0.25, -0.2) is 0 Å². The van der Waals surface area contributed by atoms with Crippen LogP contribution in [-0.4, -0.2) is 17.8 Å². The number of hydrogen-bond acceptors (Lipinski definition) is 2. The van der Waals surface area contributed by atoms with Gasteiger partial charge >= 0.3 is 0 Å². The van der Waals surface area contributed by atoms with Gasteiger partial charge in [0, 0.05) is 6.42 Å². The van der Waals surface area contributed by atoms with E-state index in [9.17, 15) is 5.11 Å². The Labute approximate surface area is 116 Å². The largest absolute Gasteiger partial charge is 0.495 e. The summed E-state index contributed by atoms with van der Waals surface area (Å²) in [6.07, 6.45) is 7.39. The molecule has 0 aliphatic heterocycles. The van der Waals surface area contributed by atoms with Crippen molar-refractivity contribution in [3.8, 4) is 5.75 Å². The molecule has 0 amide bonds. The minimum Gasteiger partial charge on any atom is -0.495 e. The number of aryl methyl sites for hydroxylation is 1. The molecule has 0 aromatic heterocycles. The van der Waals surface area contributed by atoms with E-state index in [1.165, 1.54) is 24.0 Å². The number of hydrogen-bond donors (Lipinski definition) is 1. The average Bonchev–Trinajstić information content (AvgIpc) is 3.07. The maximum Gasteiger partial charge on any atom is 0.136 e. The summed E-state index contributed by atoms with van der Waals surface area (Å²) in [4.78, 5) is 0. The lowest BCUT2D eigenvalue weighted by atomic mass is 9.88. The smallest absolute Gasteiger partial charge is 0.136 e. The first-order valence-corrected chi connectivity index (χ1v) is 7.52. The molecule has 0 unspecified atom stereocenters. The standard InChI is InChI=1S/C15H19BrO2/c1-18-14-11(9-15(17)6-7-15)8-10-4-2-3-5-12(10)13(14)16/h8,17H,2-7,9H2,1H3. The third-order valence-corrected chi connectivity index (χ3v) is 5.00. The molecule has 1 saturated carbocycles. The molecular weight excluding hydrogens is 292 g/mol. The molecule has 18 heavy (non-hydrogen) atoms. The Morgan fingerprint density at radius 1 is 1.33 bits per heavy atom. The molecule has 0 radical (unpaired) electrons. The summed E-state index contributed by atoms with van der Waals surface area (Å²) in [7, 11) is 1.72. The van der Waals surface area contributed by atoms with Crippen LogP contribution in [-0.2, 0) is 19.3 Å². The molecule has 0 atom stereocenters. The van der Waals surface area contributed by atoms with Crippen LogP contribution in [0.25, 0.3) is 0 Å². The SMILES string of the molecule is COc1c(CC2(O)CC2)cc2c(c1Br)CCCC2. The molecule has 0 heterocycles. The van der Waals surface area contributed by atoms with E-state index in [2.05, 4.69) is 22.0 Å². The number of aliphatic hydroxyl groups is 1. The fourth-order valence-electron chi connectivity index (χ4n) is 2.92. The summed E-state index contributed by atoms with van der Waals surface area (Å²) in [5.74, 6) is 0.927. The van der Waals surface area contributed by atoms with Crippen LogP contribution in [0, 0.1) is 0 Å². The van der Waals surface area contributed by atoms with E-state index >= 15 is 0 Å². The third kappa shape index (κ3) is 2.19. The van der Waals surface area contributed by atoms with Crippen LogP contribution in [0.4, 0.5) is 0 Å². The van der Waals surface area contributed by atoms with Gasteiger partial charge in [-0.3, -0.25) is 0 Å². The zero-order valence-corrected chi connectivity index (χ0v) is 12.3. The summed E-state index contributed by atoms with van der Waals surface area (Å²) in [6.45, 7) is 0. The Hall–Kier alpha value is -0.540. The van der Waals surface area contributed by atoms with Crippen molar-refractivity contribution in [3.05, 3.63) is 27.2 Å². The molecule has 3 heteroatoms. The molecule has 1 N–H and O–H groups in total. The van der Waals surface area contributed by atoms with Crippen molar-refractivity contribution in [1.82, 2.24) is 0 Å². The zero-order chi connectivity index (χ0) is 12.8. The molecule has 98 valence electrons. The average molecular weight is 311 g/mol. The van der Waals surface area contributed by atoms with Gasteiger partial charge in [-0.15, -0.1) is 0 Å². The molecule has 2 aliphatic carbocycles. The van der Waals surface area contributed by atoms with Gasteiger partial charge in [0.05, 0.1) is 17.2 Å². The molecule has 0 spiro atoms. The van der Waals surface area contributed by atoms with E-state index in [-0.39, 0.29) is 0 Å². The fraction of sp³-hybridized carbons (Fsp3) is 0.600. The van der Waals surface area contributed by atoms with Crippen molar-refractivity contribution in [3.63, 3.8) is 0 Å². The summed E-state index contributed by atoms with van der Waals surface area (Å²) in [5, 5.41) is 10.1. The van der Waals surface area contributed by atoms with Crippen molar-refractivity contribution in [2.45, 2.75) is 50.5 Å². The van der Waals surface area contributed by atoms with Gasteiger partial charge in [0.2, 0.25) is 0 Å². The van der Waals surface area contributed by atoms with Gasteiger partial charge in [-0.2, -0.15) is 0 Å². The Bertz CT molecular complexity index is 478. The molecule has 1 fully saturated rings. The van der Waals surface area contributed by atoms with E-state index in [4.69, 9.17) is 4.74 Å². The van der Waals surface area contributed by atoms with E-state index in [0.717, 1.165) is 47.9 Å². The van der Waals surface area contributed by atoms with Crippen LogP contribution in [0.1, 0.15) is 42.4 Å². The van der Waals surface area contributed by atoms with E-state index < -0.39 is 5.60 Å². The van der Waals surface area contributed by atoms with Crippen LogP contribution in [0.15, 0.2) is 10.5 Å². The number of benzene rings is 1. The minimum atomic E-state index is -0.463. The Balaban J connectivity index is 2.03. The number of methoxy groups -OCH3 is 1. The first-order chi connectivity index (χ1) is 8.63. The molecule has 0 saturated heterocycles. The van der Waals surface area contributed by atoms with Crippen LogP contribution < -0.4 is 4.74 Å². The van der Waals surface area contributed by atoms with E-state index in [0.29, 0.717) is 0 Å². The van der Waals surface area contributed by atoms with Gasteiger partial charge in [-0.1, -0.05) is 6.07 Å². The first-order valence-electron chi connectivity index (χ1n) is 6.72. The lowest BCUT2D eigenvalue weighted by Crippen LogP contribution is -2.14. The molecule has 2 nitrogen and oxygen atoms in total. The molecule has 1 aromatic carbocycles. The Kier molecular flexibility index (Phi) is 3.15. The Morgan fingerprint density at radius 2 is 2.06 bits per heavy atom. The predicted molar refractivity (Wildman–Crippen MR) is 75.2 cm³/mol. The van der Waals surface area contributed by atoms with Crippen LogP contribution >= 0.6 is 15.9 Å². The van der Waals surface area contributed by atoms with E-state index in [1.54, 1.807) is 7.11 Å².